The summed E-state index contributed by atoms with van der Waals surface area (Å²) < 4.78 is 5.52. The first-order chi connectivity index (χ1) is 15.0. The summed E-state index contributed by atoms with van der Waals surface area (Å²) in [7, 11) is 1.52. The van der Waals surface area contributed by atoms with E-state index in [0.717, 1.165) is 0 Å². The number of anilines is 1. The average Bonchev–Trinajstić information content (AvgIpc) is 2.78. The summed E-state index contributed by atoms with van der Waals surface area (Å²) in [6.07, 6.45) is -0.0222. The molecule has 0 radical (unpaired) electrons. The molecule has 0 amide bonds. The molecule has 1 aliphatic rings. The molecule has 1 aliphatic heterocycles. The number of carbonyl (C=O) groups is 1. The molecule has 3 aromatic rings. The molecule has 7 heteroatoms. The third kappa shape index (κ3) is 3.99. The summed E-state index contributed by atoms with van der Waals surface area (Å²) in [5.41, 5.74) is 2.48. The van der Waals surface area contributed by atoms with Gasteiger partial charge in [0.25, 0.3) is 0 Å². The Kier molecular flexibility index (Phi) is 5.91. The highest BCUT2D eigenvalue weighted by molar-refractivity contribution is 6.31. The lowest BCUT2D eigenvalue weighted by atomic mass is 9.76. The zero-order valence-electron chi connectivity index (χ0n) is 16.8. The first-order valence-electron chi connectivity index (χ1n) is 9.91. The van der Waals surface area contributed by atoms with Crippen LogP contribution in [0.1, 0.15) is 39.9 Å². The van der Waals surface area contributed by atoms with Crippen LogP contribution in [0, 0.1) is 10.1 Å². The molecule has 1 heterocycles. The first kappa shape index (κ1) is 20.9. The van der Waals surface area contributed by atoms with Crippen LogP contribution in [-0.4, -0.2) is 23.9 Å². The molecule has 1 N–H and O–H groups in total. The molecular weight excluding hydrogens is 416 g/mol. The number of ketones is 1. The fraction of sp³-hybridized carbons (Fsp3) is 0.208. The Bertz CT molecular complexity index is 1120. The van der Waals surface area contributed by atoms with Crippen molar-refractivity contribution in [1.29, 1.82) is 0 Å². The van der Waals surface area contributed by atoms with Crippen LogP contribution in [0.25, 0.3) is 0 Å². The molecule has 0 fully saturated rings. The Morgan fingerprint density at radius 1 is 1.06 bits per heavy atom. The highest BCUT2D eigenvalue weighted by Gasteiger charge is 2.48. The summed E-state index contributed by atoms with van der Waals surface area (Å²) in [6, 6.07) is 19.5. The van der Waals surface area contributed by atoms with E-state index in [1.54, 1.807) is 54.6 Å². The van der Waals surface area contributed by atoms with Crippen LogP contribution in [0.2, 0.25) is 5.02 Å². The molecule has 0 aliphatic carbocycles. The minimum absolute atomic E-state index is 0.0222. The minimum Gasteiger partial charge on any atom is -0.496 e. The zero-order valence-corrected chi connectivity index (χ0v) is 17.6. The first-order valence-corrected chi connectivity index (χ1v) is 10.3. The molecule has 158 valence electrons. The number of nitrogens with one attached hydrogen (secondary N) is 1. The molecule has 0 bridgehead atoms. The lowest BCUT2D eigenvalue weighted by molar-refractivity contribution is -0.530. The van der Waals surface area contributed by atoms with Gasteiger partial charge in [-0.15, -0.1) is 0 Å². The third-order valence-electron chi connectivity index (χ3n) is 5.71. The van der Waals surface area contributed by atoms with Gasteiger partial charge < -0.3 is 10.1 Å². The summed E-state index contributed by atoms with van der Waals surface area (Å²) in [4.78, 5) is 25.1. The van der Waals surface area contributed by atoms with E-state index in [1.165, 1.54) is 7.11 Å². The van der Waals surface area contributed by atoms with Crippen molar-refractivity contribution in [1.82, 2.24) is 0 Å². The summed E-state index contributed by atoms with van der Waals surface area (Å²) in [6.45, 7) is 0. The van der Waals surface area contributed by atoms with E-state index in [0.29, 0.717) is 33.1 Å². The van der Waals surface area contributed by atoms with E-state index in [-0.39, 0.29) is 17.1 Å². The van der Waals surface area contributed by atoms with E-state index in [2.05, 4.69) is 5.32 Å². The number of carbonyl (C=O) groups excluding carboxylic acids is 1. The molecule has 31 heavy (non-hydrogen) atoms. The zero-order chi connectivity index (χ0) is 22.0. The fourth-order valence-electron chi connectivity index (χ4n) is 4.31. The second kappa shape index (κ2) is 8.78. The van der Waals surface area contributed by atoms with Gasteiger partial charge in [0.1, 0.15) is 11.8 Å². The van der Waals surface area contributed by atoms with Crippen LogP contribution in [0.5, 0.6) is 5.75 Å². The standard InChI is InChI=1S/C24H21ClN2O4/c1-31-21-13-7-12-19-22(21)17(14-20(28)15-8-3-2-4-9-15)24(27(29)30)23(26-19)16-10-5-6-11-18(16)25/h2-13,17,23-24,26H,14H2,1H3/t17-,23-,24+/m1/s1. The van der Waals surface area contributed by atoms with Crippen molar-refractivity contribution in [2.24, 2.45) is 0 Å². The van der Waals surface area contributed by atoms with Gasteiger partial charge in [0, 0.05) is 33.2 Å². The van der Waals surface area contributed by atoms with Crippen molar-refractivity contribution < 1.29 is 14.5 Å². The molecule has 0 saturated heterocycles. The summed E-state index contributed by atoms with van der Waals surface area (Å²) >= 11 is 6.41. The van der Waals surface area contributed by atoms with Gasteiger partial charge in [-0.2, -0.15) is 0 Å². The minimum atomic E-state index is -1.11. The normalized spacial score (nSPS) is 19.7. The quantitative estimate of drug-likeness (QED) is 0.312. The Labute approximate surface area is 185 Å². The van der Waals surface area contributed by atoms with Crippen LogP contribution in [0.4, 0.5) is 5.69 Å². The molecule has 0 aromatic heterocycles. The molecule has 0 spiro atoms. The summed E-state index contributed by atoms with van der Waals surface area (Å²) in [5, 5.41) is 16.1. The highest BCUT2D eigenvalue weighted by Crippen LogP contribution is 2.48. The van der Waals surface area contributed by atoms with Crippen LogP contribution in [-0.2, 0) is 0 Å². The van der Waals surface area contributed by atoms with E-state index in [9.17, 15) is 14.9 Å². The molecule has 4 rings (SSSR count). The maximum atomic E-state index is 13.1. The van der Waals surface area contributed by atoms with Gasteiger partial charge >= 0.3 is 0 Å². The van der Waals surface area contributed by atoms with Gasteiger partial charge in [-0.1, -0.05) is 66.2 Å². The molecule has 3 atom stereocenters. The highest BCUT2D eigenvalue weighted by atomic mass is 35.5. The Morgan fingerprint density at radius 2 is 1.77 bits per heavy atom. The number of halogens is 1. The van der Waals surface area contributed by atoms with E-state index in [4.69, 9.17) is 16.3 Å². The lowest BCUT2D eigenvalue weighted by Crippen LogP contribution is -2.42. The second-order valence-electron chi connectivity index (χ2n) is 7.44. The number of hydrogen-bond acceptors (Lipinski definition) is 5. The molecule has 6 nitrogen and oxygen atoms in total. The predicted molar refractivity (Wildman–Crippen MR) is 120 cm³/mol. The average molecular weight is 437 g/mol. The maximum absolute atomic E-state index is 13.1. The van der Waals surface area contributed by atoms with Crippen molar-refractivity contribution in [2.45, 2.75) is 24.4 Å². The third-order valence-corrected chi connectivity index (χ3v) is 6.05. The van der Waals surface area contributed by atoms with Gasteiger partial charge in [-0.25, -0.2) is 0 Å². The summed E-state index contributed by atoms with van der Waals surface area (Å²) in [5.74, 6) is -0.342. The Hall–Kier alpha value is -3.38. The number of nitro groups is 1. The Morgan fingerprint density at radius 3 is 2.45 bits per heavy atom. The van der Waals surface area contributed by atoms with Crippen LogP contribution >= 0.6 is 11.6 Å². The van der Waals surface area contributed by atoms with Gasteiger partial charge in [-0.05, 0) is 23.8 Å². The number of benzene rings is 3. The number of fused-ring (bicyclic) bond motifs is 1. The smallest absolute Gasteiger partial charge is 0.244 e. The topological polar surface area (TPSA) is 81.5 Å². The number of nitrogens with zero attached hydrogens (tertiary/aromatic N) is 1. The van der Waals surface area contributed by atoms with Crippen molar-refractivity contribution in [2.75, 3.05) is 12.4 Å². The molecule has 0 saturated carbocycles. The lowest BCUT2D eigenvalue weighted by Gasteiger charge is -2.36. The van der Waals surface area contributed by atoms with Crippen LogP contribution in [0.15, 0.2) is 72.8 Å². The van der Waals surface area contributed by atoms with Gasteiger partial charge in [-0.3, -0.25) is 14.9 Å². The van der Waals surface area contributed by atoms with Gasteiger partial charge in [0.15, 0.2) is 5.78 Å². The number of hydrogen-bond donors (Lipinski definition) is 1. The van der Waals surface area contributed by atoms with Crippen molar-refractivity contribution in [3.8, 4) is 5.75 Å². The Balaban J connectivity index is 1.85. The SMILES string of the molecule is COc1cccc2c1[C@@H](CC(=O)c1ccccc1)[C@H]([N+](=O)[O-])[C@@H](c1ccccc1Cl)N2. The monoisotopic (exact) mass is 436 g/mol. The maximum Gasteiger partial charge on any atom is 0.244 e. The number of Topliss-reactive ketones (excluding diaryl/α,β-unsaturated/α-hetero) is 1. The predicted octanol–water partition coefficient (Wildman–Crippen LogP) is 5.52. The van der Waals surface area contributed by atoms with Gasteiger partial charge in [0.2, 0.25) is 6.04 Å². The molecule has 0 unspecified atom stereocenters. The van der Waals surface area contributed by atoms with Gasteiger partial charge in [0.05, 0.1) is 13.0 Å². The van der Waals surface area contributed by atoms with Crippen molar-refractivity contribution in [3.63, 3.8) is 0 Å². The largest absolute Gasteiger partial charge is 0.496 e. The van der Waals surface area contributed by atoms with Crippen LogP contribution < -0.4 is 10.1 Å². The van der Waals surface area contributed by atoms with Crippen LogP contribution in [0.3, 0.4) is 0 Å². The van der Waals surface area contributed by atoms with E-state index < -0.39 is 18.0 Å². The second-order valence-corrected chi connectivity index (χ2v) is 7.85. The van der Waals surface area contributed by atoms with E-state index >= 15 is 0 Å². The van der Waals surface area contributed by atoms with E-state index in [1.807, 2.05) is 18.2 Å². The number of ether oxygens (including phenoxy) is 1. The molecular formula is C24H21ClN2O4. The number of rotatable bonds is 6. The fourth-order valence-corrected chi connectivity index (χ4v) is 4.56. The van der Waals surface area contributed by atoms with Crippen molar-refractivity contribution >= 4 is 23.1 Å². The molecule has 3 aromatic carbocycles. The number of methoxy groups -OCH3 is 1. The van der Waals surface area contributed by atoms with Crippen molar-refractivity contribution in [3.05, 3.63) is 105 Å².